The summed E-state index contributed by atoms with van der Waals surface area (Å²) in [5, 5.41) is 12.5. The highest BCUT2D eigenvalue weighted by molar-refractivity contribution is 6.05. The quantitative estimate of drug-likeness (QED) is 0.397. The third-order valence-corrected chi connectivity index (χ3v) is 2.34. The number of carbonyl (C=O) groups is 3. The highest BCUT2D eigenvalue weighted by Crippen LogP contribution is 2.14. The Labute approximate surface area is 99.9 Å². The van der Waals surface area contributed by atoms with Crippen molar-refractivity contribution in [1.82, 2.24) is 15.2 Å². The Balaban J connectivity index is 2.17. The molecule has 18 heavy (non-hydrogen) atoms. The molecular formula is C9H8N4O5. The monoisotopic (exact) mass is 252 g/mol. The van der Waals surface area contributed by atoms with E-state index in [1.807, 2.05) is 5.32 Å². The second kappa shape index (κ2) is 4.28. The van der Waals surface area contributed by atoms with Crippen LogP contribution in [0.2, 0.25) is 0 Å². The van der Waals surface area contributed by atoms with Gasteiger partial charge in [-0.1, -0.05) is 0 Å². The Morgan fingerprint density at radius 2 is 1.94 bits per heavy atom. The van der Waals surface area contributed by atoms with Crippen LogP contribution in [0.15, 0.2) is 12.3 Å². The molecule has 1 aliphatic heterocycles. The van der Waals surface area contributed by atoms with E-state index < -0.39 is 22.6 Å². The van der Waals surface area contributed by atoms with Crippen molar-refractivity contribution >= 4 is 23.4 Å². The molecule has 0 aromatic carbocycles. The second-order valence-corrected chi connectivity index (χ2v) is 3.66. The summed E-state index contributed by atoms with van der Waals surface area (Å²) in [4.78, 5) is 47.3. The normalized spacial score (nSPS) is 15.4. The molecule has 9 heteroatoms. The van der Waals surface area contributed by atoms with E-state index in [-0.39, 0.29) is 24.5 Å². The lowest BCUT2D eigenvalue weighted by atomic mass is 10.3. The lowest BCUT2D eigenvalue weighted by molar-refractivity contribution is -0.384. The molecule has 0 unspecified atom stereocenters. The fourth-order valence-electron chi connectivity index (χ4n) is 1.56. The molecule has 0 atom stereocenters. The zero-order chi connectivity index (χ0) is 13.3. The summed E-state index contributed by atoms with van der Waals surface area (Å²) < 4.78 is 0. The van der Waals surface area contributed by atoms with Crippen molar-refractivity contribution in [2.75, 3.05) is 13.1 Å². The van der Waals surface area contributed by atoms with Crippen LogP contribution in [0.4, 0.5) is 5.69 Å². The number of piperazine rings is 1. The van der Waals surface area contributed by atoms with E-state index in [9.17, 15) is 24.5 Å². The fraction of sp³-hybridized carbons (Fsp3) is 0.222. The Morgan fingerprint density at radius 1 is 1.33 bits per heavy atom. The summed E-state index contributed by atoms with van der Waals surface area (Å²) in [6.07, 6.45) is 1.07. The van der Waals surface area contributed by atoms with Gasteiger partial charge < -0.3 is 9.88 Å². The van der Waals surface area contributed by atoms with Crippen LogP contribution in [-0.2, 0) is 9.59 Å². The average molecular weight is 252 g/mol. The van der Waals surface area contributed by atoms with Gasteiger partial charge in [0.1, 0.15) is 18.8 Å². The number of aromatic amines is 1. The van der Waals surface area contributed by atoms with Gasteiger partial charge in [0.05, 0.1) is 11.1 Å². The standard InChI is InChI=1S/C9H8N4O5/c14-7-3-12(4-8(15)11-7)9(16)6-1-5(2-10-6)13(17)18/h1-2,10H,3-4H2,(H,11,14,15). The molecule has 1 aromatic heterocycles. The number of hydrogen-bond donors (Lipinski definition) is 2. The SMILES string of the molecule is O=C1CN(C(=O)c2cc([N+](=O)[O-])c[nH]2)CC(=O)N1. The van der Waals surface area contributed by atoms with Crippen LogP contribution in [0.3, 0.4) is 0 Å². The van der Waals surface area contributed by atoms with E-state index in [1.165, 1.54) is 0 Å². The average Bonchev–Trinajstić information content (AvgIpc) is 2.75. The van der Waals surface area contributed by atoms with E-state index in [0.29, 0.717) is 0 Å². The van der Waals surface area contributed by atoms with Gasteiger partial charge in [-0.15, -0.1) is 0 Å². The van der Waals surface area contributed by atoms with Crippen LogP contribution in [0.1, 0.15) is 10.5 Å². The van der Waals surface area contributed by atoms with Crippen molar-refractivity contribution in [2.45, 2.75) is 0 Å². The van der Waals surface area contributed by atoms with E-state index in [1.54, 1.807) is 0 Å². The van der Waals surface area contributed by atoms with E-state index in [4.69, 9.17) is 0 Å². The van der Waals surface area contributed by atoms with Gasteiger partial charge in [-0.3, -0.25) is 29.8 Å². The number of nitro groups is 1. The molecule has 1 saturated heterocycles. The Bertz CT molecular complexity index is 533. The lowest BCUT2D eigenvalue weighted by Gasteiger charge is -2.24. The molecule has 2 N–H and O–H groups in total. The van der Waals surface area contributed by atoms with E-state index >= 15 is 0 Å². The van der Waals surface area contributed by atoms with Gasteiger partial charge in [0, 0.05) is 6.07 Å². The zero-order valence-corrected chi connectivity index (χ0v) is 9.00. The maximum absolute atomic E-state index is 11.9. The predicted octanol–water partition coefficient (Wildman–Crippen LogP) is -0.978. The first kappa shape index (κ1) is 11.8. The minimum Gasteiger partial charge on any atom is -0.351 e. The van der Waals surface area contributed by atoms with Gasteiger partial charge in [-0.25, -0.2) is 0 Å². The summed E-state index contributed by atoms with van der Waals surface area (Å²) in [6.45, 7) is -0.505. The third kappa shape index (κ3) is 2.19. The van der Waals surface area contributed by atoms with Crippen LogP contribution >= 0.6 is 0 Å². The lowest BCUT2D eigenvalue weighted by Crippen LogP contribution is -2.53. The minimum atomic E-state index is -0.651. The minimum absolute atomic E-state index is 0.0378. The van der Waals surface area contributed by atoms with Crippen molar-refractivity contribution < 1.29 is 19.3 Å². The highest BCUT2D eigenvalue weighted by Gasteiger charge is 2.28. The fourth-order valence-corrected chi connectivity index (χ4v) is 1.56. The van der Waals surface area contributed by atoms with Crippen molar-refractivity contribution in [3.63, 3.8) is 0 Å². The number of carbonyl (C=O) groups excluding carboxylic acids is 3. The van der Waals surface area contributed by atoms with Crippen molar-refractivity contribution in [1.29, 1.82) is 0 Å². The summed E-state index contributed by atoms with van der Waals surface area (Å²) >= 11 is 0. The summed E-state index contributed by atoms with van der Waals surface area (Å²) in [7, 11) is 0. The number of amides is 3. The molecule has 0 spiro atoms. The smallest absolute Gasteiger partial charge is 0.287 e. The van der Waals surface area contributed by atoms with Gasteiger partial charge >= 0.3 is 0 Å². The first-order valence-electron chi connectivity index (χ1n) is 4.92. The molecule has 0 radical (unpaired) electrons. The Hall–Kier alpha value is -2.71. The van der Waals surface area contributed by atoms with Crippen LogP contribution in [-0.4, -0.2) is 45.6 Å². The second-order valence-electron chi connectivity index (χ2n) is 3.66. The van der Waals surface area contributed by atoms with Gasteiger partial charge in [-0.2, -0.15) is 0 Å². The van der Waals surface area contributed by atoms with Gasteiger partial charge in [0.25, 0.3) is 11.6 Å². The first-order valence-corrected chi connectivity index (χ1v) is 4.92. The van der Waals surface area contributed by atoms with Crippen LogP contribution < -0.4 is 5.32 Å². The summed E-state index contributed by atoms with van der Waals surface area (Å²) in [6, 6.07) is 1.05. The van der Waals surface area contributed by atoms with Crippen molar-refractivity contribution in [3.05, 3.63) is 28.1 Å². The number of aromatic nitrogens is 1. The largest absolute Gasteiger partial charge is 0.351 e. The van der Waals surface area contributed by atoms with Crippen LogP contribution in [0, 0.1) is 10.1 Å². The number of imide groups is 1. The molecule has 3 amide bonds. The molecule has 9 nitrogen and oxygen atoms in total. The van der Waals surface area contributed by atoms with Crippen molar-refractivity contribution in [3.8, 4) is 0 Å². The zero-order valence-electron chi connectivity index (χ0n) is 9.00. The number of nitrogens with zero attached hydrogens (tertiary/aromatic N) is 2. The van der Waals surface area contributed by atoms with E-state index in [0.717, 1.165) is 17.2 Å². The third-order valence-electron chi connectivity index (χ3n) is 2.34. The molecular weight excluding hydrogens is 244 g/mol. The molecule has 0 saturated carbocycles. The van der Waals surface area contributed by atoms with Gasteiger partial charge in [-0.05, 0) is 0 Å². The highest BCUT2D eigenvalue weighted by atomic mass is 16.6. The molecule has 2 heterocycles. The summed E-state index contributed by atoms with van der Waals surface area (Å²) in [5.41, 5.74) is -0.296. The molecule has 0 bridgehead atoms. The van der Waals surface area contributed by atoms with Crippen LogP contribution in [0.5, 0.6) is 0 Å². The predicted molar refractivity (Wildman–Crippen MR) is 56.5 cm³/mol. The van der Waals surface area contributed by atoms with Gasteiger partial charge in [0.15, 0.2) is 0 Å². The van der Waals surface area contributed by atoms with Crippen molar-refractivity contribution in [2.24, 2.45) is 0 Å². The molecule has 1 aliphatic rings. The Morgan fingerprint density at radius 3 is 2.44 bits per heavy atom. The maximum Gasteiger partial charge on any atom is 0.287 e. The molecule has 1 fully saturated rings. The number of rotatable bonds is 2. The number of hydrogen-bond acceptors (Lipinski definition) is 5. The summed E-state index contributed by atoms with van der Waals surface area (Å²) in [5.74, 6) is -1.80. The molecule has 1 aromatic rings. The van der Waals surface area contributed by atoms with E-state index in [2.05, 4.69) is 4.98 Å². The van der Waals surface area contributed by atoms with Gasteiger partial charge in [0.2, 0.25) is 11.8 Å². The maximum atomic E-state index is 11.9. The molecule has 94 valence electrons. The van der Waals surface area contributed by atoms with Crippen LogP contribution in [0.25, 0.3) is 0 Å². The Kier molecular flexibility index (Phi) is 2.80. The first-order chi connectivity index (χ1) is 8.47. The number of nitrogens with one attached hydrogen (secondary N) is 2. The topological polar surface area (TPSA) is 125 Å². The molecule has 2 rings (SSSR count). The molecule has 0 aliphatic carbocycles. The number of H-pyrrole nitrogens is 1.